The van der Waals surface area contributed by atoms with Gasteiger partial charge in [0, 0.05) is 6.42 Å². The van der Waals surface area contributed by atoms with Crippen LogP contribution in [0.25, 0.3) is 0 Å². The molecule has 1 saturated heterocycles. The highest BCUT2D eigenvalue weighted by molar-refractivity contribution is 6.71. The number of aliphatic hydroxyl groups is 2. The van der Waals surface area contributed by atoms with Crippen LogP contribution in [0, 0.1) is 0 Å². The highest BCUT2D eigenvalue weighted by Gasteiger charge is 2.42. The molecule has 0 radical (unpaired) electrons. The molecular weight excluding hydrogens is 316 g/mol. The number of aliphatic hydroxyl groups excluding tert-OH is 2. The van der Waals surface area contributed by atoms with Crippen LogP contribution in [-0.2, 0) is 4.43 Å². The van der Waals surface area contributed by atoms with Crippen molar-refractivity contribution in [1.29, 1.82) is 0 Å². The highest BCUT2D eigenvalue weighted by atomic mass is 28.4. The summed E-state index contributed by atoms with van der Waals surface area (Å²) in [5.74, 6) is 0. The maximum Gasteiger partial charge on any atom is 0.187 e. The van der Waals surface area contributed by atoms with E-state index in [1.807, 2.05) is 0 Å². The zero-order valence-electron chi connectivity index (χ0n) is 16.5. The summed E-state index contributed by atoms with van der Waals surface area (Å²) in [7, 11) is -1.59. The van der Waals surface area contributed by atoms with Crippen LogP contribution in [-0.4, -0.2) is 36.8 Å². The third-order valence-electron chi connectivity index (χ3n) is 5.46. The zero-order chi connectivity index (χ0) is 17.9. The summed E-state index contributed by atoms with van der Waals surface area (Å²) in [6, 6.07) is 1.22. The van der Waals surface area contributed by atoms with Crippen LogP contribution in [0.15, 0.2) is 0 Å². The van der Waals surface area contributed by atoms with E-state index < -0.39 is 14.4 Å². The Labute approximate surface area is 151 Å². The summed E-state index contributed by atoms with van der Waals surface area (Å²) >= 11 is 0. The summed E-state index contributed by atoms with van der Waals surface area (Å²) in [6.45, 7) is 6.71. The van der Waals surface area contributed by atoms with Crippen LogP contribution in [0.4, 0.5) is 0 Å². The van der Waals surface area contributed by atoms with Crippen LogP contribution in [0.3, 0.4) is 0 Å². The van der Waals surface area contributed by atoms with Gasteiger partial charge in [0.1, 0.15) is 0 Å². The predicted molar refractivity (Wildman–Crippen MR) is 105 cm³/mol. The molecule has 2 unspecified atom stereocenters. The summed E-state index contributed by atoms with van der Waals surface area (Å²) in [4.78, 5) is 0. The Balaban J connectivity index is 2.30. The van der Waals surface area contributed by atoms with Crippen LogP contribution in [0.2, 0.25) is 19.1 Å². The normalized spacial score (nSPS) is 24.9. The number of hydrogen-bond donors (Lipinski definition) is 2. The van der Waals surface area contributed by atoms with E-state index >= 15 is 0 Å². The van der Waals surface area contributed by atoms with Gasteiger partial charge in [-0.1, -0.05) is 71.1 Å². The monoisotopic (exact) mass is 358 g/mol. The van der Waals surface area contributed by atoms with Gasteiger partial charge in [0.2, 0.25) is 0 Å². The van der Waals surface area contributed by atoms with Gasteiger partial charge in [-0.25, -0.2) is 0 Å². The molecule has 0 aromatic heterocycles. The molecule has 1 fully saturated rings. The van der Waals surface area contributed by atoms with Gasteiger partial charge in [-0.2, -0.15) is 0 Å². The van der Waals surface area contributed by atoms with E-state index in [0.29, 0.717) is 6.42 Å². The largest absolute Gasteiger partial charge is 0.412 e. The van der Waals surface area contributed by atoms with Crippen molar-refractivity contribution in [3.63, 3.8) is 0 Å². The standard InChI is InChI=1S/C20H42O3Si/c1-4-5-6-7-8-9-10-11-12-14-20(17-19(22)18-21)15-13-16-24(2,3)23-20/h19,21-22H,4-18H2,1-3H3. The molecule has 0 aromatic rings. The lowest BCUT2D eigenvalue weighted by atomic mass is 9.86. The van der Waals surface area contributed by atoms with Crippen molar-refractivity contribution in [3.05, 3.63) is 0 Å². The number of unbranched alkanes of at least 4 members (excludes halogenated alkanes) is 8. The molecule has 2 atom stereocenters. The van der Waals surface area contributed by atoms with Gasteiger partial charge >= 0.3 is 0 Å². The summed E-state index contributed by atoms with van der Waals surface area (Å²) in [5, 5.41) is 19.2. The second-order valence-electron chi connectivity index (χ2n) is 8.52. The van der Waals surface area contributed by atoms with Crippen LogP contribution in [0.1, 0.15) is 90.4 Å². The molecule has 1 rings (SSSR count). The number of hydrogen-bond acceptors (Lipinski definition) is 3. The van der Waals surface area contributed by atoms with E-state index in [1.54, 1.807) is 0 Å². The van der Waals surface area contributed by atoms with Crippen molar-refractivity contribution in [1.82, 2.24) is 0 Å². The highest BCUT2D eigenvalue weighted by Crippen LogP contribution is 2.40. The fraction of sp³-hybridized carbons (Fsp3) is 1.00. The van der Waals surface area contributed by atoms with Gasteiger partial charge < -0.3 is 14.6 Å². The molecule has 2 N–H and O–H groups in total. The molecule has 0 spiro atoms. The SMILES string of the molecule is CCCCCCCCCCCC1(CC(O)CO)CCC[Si](C)(C)O1. The first-order chi connectivity index (χ1) is 11.4. The lowest BCUT2D eigenvalue weighted by Gasteiger charge is -2.46. The molecule has 0 amide bonds. The average Bonchev–Trinajstić information content (AvgIpc) is 2.52. The minimum atomic E-state index is -1.59. The molecule has 0 aromatic carbocycles. The smallest absolute Gasteiger partial charge is 0.187 e. The van der Waals surface area contributed by atoms with E-state index in [-0.39, 0.29) is 12.2 Å². The summed E-state index contributed by atoms with van der Waals surface area (Å²) < 4.78 is 6.57. The number of rotatable bonds is 13. The molecule has 0 saturated carbocycles. The average molecular weight is 359 g/mol. The minimum absolute atomic E-state index is 0.148. The summed E-state index contributed by atoms with van der Waals surface area (Å²) in [6.07, 6.45) is 15.3. The van der Waals surface area contributed by atoms with Crippen molar-refractivity contribution >= 4 is 8.32 Å². The predicted octanol–water partition coefficient (Wildman–Crippen LogP) is 5.40. The van der Waals surface area contributed by atoms with Crippen molar-refractivity contribution < 1.29 is 14.6 Å². The molecule has 0 bridgehead atoms. The van der Waals surface area contributed by atoms with Crippen molar-refractivity contribution in [2.45, 2.75) is 121 Å². The quantitative estimate of drug-likeness (QED) is 0.342. The van der Waals surface area contributed by atoms with Gasteiger partial charge in [-0.05, 0) is 32.0 Å². The maximum atomic E-state index is 9.97. The minimum Gasteiger partial charge on any atom is -0.412 e. The van der Waals surface area contributed by atoms with Gasteiger partial charge in [-0.15, -0.1) is 0 Å². The van der Waals surface area contributed by atoms with Gasteiger partial charge in [-0.3, -0.25) is 0 Å². The Morgan fingerprint density at radius 2 is 1.58 bits per heavy atom. The van der Waals surface area contributed by atoms with Gasteiger partial charge in [0.25, 0.3) is 0 Å². The molecule has 144 valence electrons. The topological polar surface area (TPSA) is 49.7 Å². The third kappa shape index (κ3) is 8.98. The van der Waals surface area contributed by atoms with Crippen LogP contribution in [0.5, 0.6) is 0 Å². The molecule has 1 aliphatic rings. The molecule has 24 heavy (non-hydrogen) atoms. The first-order valence-electron chi connectivity index (χ1n) is 10.4. The van der Waals surface area contributed by atoms with Crippen molar-refractivity contribution in [3.8, 4) is 0 Å². The Morgan fingerprint density at radius 1 is 1.00 bits per heavy atom. The van der Waals surface area contributed by atoms with E-state index in [4.69, 9.17) is 4.43 Å². The first kappa shape index (κ1) is 22.1. The van der Waals surface area contributed by atoms with E-state index in [2.05, 4.69) is 20.0 Å². The van der Waals surface area contributed by atoms with Gasteiger partial charge in [0.05, 0.1) is 18.3 Å². The Kier molecular flexibility index (Phi) is 10.8. The molecular formula is C20H42O3Si. The van der Waals surface area contributed by atoms with E-state index in [0.717, 1.165) is 12.8 Å². The van der Waals surface area contributed by atoms with Gasteiger partial charge in [0.15, 0.2) is 8.32 Å². The molecule has 1 heterocycles. The maximum absolute atomic E-state index is 9.97. The Bertz CT molecular complexity index is 322. The van der Waals surface area contributed by atoms with Crippen LogP contribution < -0.4 is 0 Å². The van der Waals surface area contributed by atoms with Crippen LogP contribution >= 0.6 is 0 Å². The van der Waals surface area contributed by atoms with Crippen molar-refractivity contribution in [2.75, 3.05) is 6.61 Å². The molecule has 4 heteroatoms. The Hall–Kier alpha value is 0.0969. The molecule has 1 aliphatic heterocycles. The van der Waals surface area contributed by atoms with Crippen molar-refractivity contribution in [2.24, 2.45) is 0 Å². The fourth-order valence-electron chi connectivity index (χ4n) is 4.20. The first-order valence-corrected chi connectivity index (χ1v) is 13.5. The third-order valence-corrected chi connectivity index (χ3v) is 8.00. The second kappa shape index (κ2) is 11.7. The summed E-state index contributed by atoms with van der Waals surface area (Å²) in [5.41, 5.74) is -0.169. The van der Waals surface area contributed by atoms with E-state index in [9.17, 15) is 10.2 Å². The molecule has 0 aliphatic carbocycles. The lowest BCUT2D eigenvalue weighted by molar-refractivity contribution is -0.0350. The second-order valence-corrected chi connectivity index (χ2v) is 12.7. The van der Waals surface area contributed by atoms with E-state index in [1.165, 1.54) is 70.3 Å². The lowest BCUT2D eigenvalue weighted by Crippen LogP contribution is -2.50. The zero-order valence-corrected chi connectivity index (χ0v) is 17.5. The fourth-order valence-corrected chi connectivity index (χ4v) is 6.79. The molecule has 3 nitrogen and oxygen atoms in total. The Morgan fingerprint density at radius 3 is 2.12 bits per heavy atom.